The lowest BCUT2D eigenvalue weighted by atomic mass is 9.77. The molecule has 1 saturated carbocycles. The van der Waals surface area contributed by atoms with Gasteiger partial charge < -0.3 is 4.74 Å². The normalized spacial score (nSPS) is 19.7. The van der Waals surface area contributed by atoms with E-state index in [1.807, 2.05) is 6.92 Å². The summed E-state index contributed by atoms with van der Waals surface area (Å²) >= 11 is 0. The monoisotopic (exact) mass is 362 g/mol. The van der Waals surface area contributed by atoms with Crippen LogP contribution in [0, 0.1) is 5.92 Å². The first-order valence-corrected chi connectivity index (χ1v) is 10.7. The Morgan fingerprint density at radius 3 is 2.15 bits per heavy atom. The summed E-state index contributed by atoms with van der Waals surface area (Å²) in [5.41, 5.74) is 5.35. The van der Waals surface area contributed by atoms with Gasteiger partial charge in [-0.05, 0) is 79.5 Å². The zero-order valence-electron chi connectivity index (χ0n) is 16.8. The Hall–Kier alpha value is -1.86. The molecule has 0 atom stereocenters. The summed E-state index contributed by atoms with van der Waals surface area (Å²) in [5, 5.41) is 0. The number of unbranched alkanes of at least 4 members (excludes halogenated alkanes) is 1. The summed E-state index contributed by atoms with van der Waals surface area (Å²) in [6.45, 7) is 7.33. The van der Waals surface area contributed by atoms with Gasteiger partial charge in [-0.1, -0.05) is 61.0 Å². The maximum Gasteiger partial charge on any atom is 0.0716 e. The maximum atomic E-state index is 5.48. The SMILES string of the molecule is C=CCCCC1CCC(c2ccc(-c3ccc(COCC)cc3)cc2)CC1. The number of allylic oxidation sites excluding steroid dienone is 1. The second-order valence-corrected chi connectivity index (χ2v) is 7.89. The summed E-state index contributed by atoms with van der Waals surface area (Å²) in [5.74, 6) is 1.69. The first-order chi connectivity index (χ1) is 13.3. The Morgan fingerprint density at radius 1 is 0.926 bits per heavy atom. The number of ether oxygens (including phenoxy) is 1. The quantitative estimate of drug-likeness (QED) is 0.331. The first-order valence-electron chi connectivity index (χ1n) is 10.7. The minimum Gasteiger partial charge on any atom is -0.377 e. The van der Waals surface area contributed by atoms with Crippen molar-refractivity contribution in [2.75, 3.05) is 6.61 Å². The van der Waals surface area contributed by atoms with Gasteiger partial charge in [-0.25, -0.2) is 0 Å². The minimum absolute atomic E-state index is 0.700. The average molecular weight is 363 g/mol. The van der Waals surface area contributed by atoms with Crippen LogP contribution in [0.4, 0.5) is 0 Å². The molecule has 0 radical (unpaired) electrons. The molecule has 0 spiro atoms. The molecule has 27 heavy (non-hydrogen) atoms. The molecule has 1 nitrogen and oxygen atoms in total. The standard InChI is InChI=1S/C26H34O/c1-3-5-6-7-21-8-12-23(13-9-21)25-16-18-26(19-17-25)24-14-10-22(11-15-24)20-27-4-2/h3,10-11,14-19,21,23H,1,4-9,12-13,20H2,2H3. The Morgan fingerprint density at radius 2 is 1.56 bits per heavy atom. The van der Waals surface area contributed by atoms with E-state index in [-0.39, 0.29) is 0 Å². The predicted molar refractivity (Wildman–Crippen MR) is 116 cm³/mol. The largest absolute Gasteiger partial charge is 0.377 e. The Labute approximate surface area is 165 Å². The number of rotatable bonds is 9. The van der Waals surface area contributed by atoms with E-state index in [1.165, 1.54) is 67.2 Å². The van der Waals surface area contributed by atoms with Crippen LogP contribution in [0.2, 0.25) is 0 Å². The molecule has 0 aliphatic heterocycles. The van der Waals surface area contributed by atoms with Gasteiger partial charge >= 0.3 is 0 Å². The topological polar surface area (TPSA) is 9.23 Å². The van der Waals surface area contributed by atoms with Crippen molar-refractivity contribution in [3.8, 4) is 11.1 Å². The molecule has 0 N–H and O–H groups in total. The second-order valence-electron chi connectivity index (χ2n) is 7.89. The van der Waals surface area contributed by atoms with Crippen LogP contribution in [0.15, 0.2) is 61.2 Å². The van der Waals surface area contributed by atoms with Gasteiger partial charge in [0.15, 0.2) is 0 Å². The van der Waals surface area contributed by atoms with Gasteiger partial charge in [0.1, 0.15) is 0 Å². The average Bonchev–Trinajstić information content (AvgIpc) is 2.73. The molecule has 3 rings (SSSR count). The van der Waals surface area contributed by atoms with Crippen LogP contribution in [-0.2, 0) is 11.3 Å². The summed E-state index contributed by atoms with van der Waals surface area (Å²) in [6.07, 6.45) is 11.4. The van der Waals surface area contributed by atoms with Crippen molar-refractivity contribution in [1.29, 1.82) is 0 Å². The molecule has 0 aromatic heterocycles. The van der Waals surface area contributed by atoms with Gasteiger partial charge in [0.2, 0.25) is 0 Å². The van der Waals surface area contributed by atoms with Crippen LogP contribution in [0.1, 0.15) is 68.9 Å². The molecular formula is C26H34O. The van der Waals surface area contributed by atoms with E-state index in [4.69, 9.17) is 4.74 Å². The fraction of sp³-hybridized carbons (Fsp3) is 0.462. The Balaban J connectivity index is 1.54. The van der Waals surface area contributed by atoms with Gasteiger partial charge in [-0.3, -0.25) is 0 Å². The first kappa shape index (κ1) is 19.9. The lowest BCUT2D eigenvalue weighted by Crippen LogP contribution is -2.13. The van der Waals surface area contributed by atoms with Gasteiger partial charge in [-0.2, -0.15) is 0 Å². The van der Waals surface area contributed by atoms with Crippen molar-refractivity contribution in [3.05, 3.63) is 72.3 Å². The summed E-state index contributed by atoms with van der Waals surface area (Å²) in [6, 6.07) is 18.1. The lowest BCUT2D eigenvalue weighted by molar-refractivity contribution is 0.134. The minimum atomic E-state index is 0.700. The third kappa shape index (κ3) is 5.81. The Bertz CT molecular complexity index is 675. The second kappa shape index (κ2) is 10.5. The van der Waals surface area contributed by atoms with Crippen LogP contribution in [0.5, 0.6) is 0 Å². The molecule has 144 valence electrons. The van der Waals surface area contributed by atoms with Crippen molar-refractivity contribution in [1.82, 2.24) is 0 Å². The molecule has 0 bridgehead atoms. The van der Waals surface area contributed by atoms with Crippen molar-refractivity contribution in [2.45, 2.75) is 64.4 Å². The number of hydrogen-bond donors (Lipinski definition) is 0. The van der Waals surface area contributed by atoms with E-state index < -0.39 is 0 Å². The van der Waals surface area contributed by atoms with E-state index in [1.54, 1.807) is 0 Å². The number of benzene rings is 2. The molecule has 1 aliphatic rings. The lowest BCUT2D eigenvalue weighted by Gasteiger charge is -2.29. The van der Waals surface area contributed by atoms with Crippen LogP contribution < -0.4 is 0 Å². The van der Waals surface area contributed by atoms with E-state index in [9.17, 15) is 0 Å². The zero-order chi connectivity index (χ0) is 18.9. The van der Waals surface area contributed by atoms with E-state index in [2.05, 4.69) is 61.2 Å². The fourth-order valence-corrected chi connectivity index (χ4v) is 4.30. The molecule has 1 heteroatoms. The van der Waals surface area contributed by atoms with Crippen molar-refractivity contribution in [2.24, 2.45) is 5.92 Å². The highest BCUT2D eigenvalue weighted by Crippen LogP contribution is 2.38. The molecule has 2 aromatic rings. The van der Waals surface area contributed by atoms with Gasteiger partial charge in [0.05, 0.1) is 6.61 Å². The summed E-state index contributed by atoms with van der Waals surface area (Å²) < 4.78 is 5.48. The highest BCUT2D eigenvalue weighted by atomic mass is 16.5. The highest BCUT2D eigenvalue weighted by molar-refractivity contribution is 5.64. The third-order valence-corrected chi connectivity index (χ3v) is 6.01. The molecule has 2 aromatic carbocycles. The van der Waals surface area contributed by atoms with Crippen molar-refractivity contribution in [3.63, 3.8) is 0 Å². The highest BCUT2D eigenvalue weighted by Gasteiger charge is 2.21. The third-order valence-electron chi connectivity index (χ3n) is 6.01. The van der Waals surface area contributed by atoms with Gasteiger partial charge in [-0.15, -0.1) is 6.58 Å². The van der Waals surface area contributed by atoms with Crippen molar-refractivity contribution < 1.29 is 4.74 Å². The molecule has 0 heterocycles. The van der Waals surface area contributed by atoms with E-state index in [0.717, 1.165) is 18.4 Å². The predicted octanol–water partition coefficient (Wildman–Crippen LogP) is 7.52. The van der Waals surface area contributed by atoms with E-state index >= 15 is 0 Å². The molecule has 0 unspecified atom stereocenters. The van der Waals surface area contributed by atoms with Crippen LogP contribution in [-0.4, -0.2) is 6.61 Å². The van der Waals surface area contributed by atoms with Crippen LogP contribution in [0.25, 0.3) is 11.1 Å². The fourth-order valence-electron chi connectivity index (χ4n) is 4.30. The van der Waals surface area contributed by atoms with Crippen LogP contribution in [0.3, 0.4) is 0 Å². The summed E-state index contributed by atoms with van der Waals surface area (Å²) in [7, 11) is 0. The van der Waals surface area contributed by atoms with E-state index in [0.29, 0.717) is 6.61 Å². The molecular weight excluding hydrogens is 328 g/mol. The Kier molecular flexibility index (Phi) is 7.71. The zero-order valence-corrected chi connectivity index (χ0v) is 16.8. The van der Waals surface area contributed by atoms with Gasteiger partial charge in [0, 0.05) is 6.61 Å². The molecule has 1 fully saturated rings. The van der Waals surface area contributed by atoms with Gasteiger partial charge in [0.25, 0.3) is 0 Å². The maximum absolute atomic E-state index is 5.48. The summed E-state index contributed by atoms with van der Waals surface area (Å²) in [4.78, 5) is 0. The molecule has 0 amide bonds. The van der Waals surface area contributed by atoms with Crippen LogP contribution >= 0.6 is 0 Å². The van der Waals surface area contributed by atoms with Crippen molar-refractivity contribution >= 4 is 0 Å². The molecule has 1 aliphatic carbocycles. The molecule has 0 saturated heterocycles. The number of hydrogen-bond acceptors (Lipinski definition) is 1. The smallest absolute Gasteiger partial charge is 0.0716 e.